The van der Waals surface area contributed by atoms with Crippen LogP contribution in [0.15, 0.2) is 12.3 Å². The summed E-state index contributed by atoms with van der Waals surface area (Å²) >= 11 is 0. The highest BCUT2D eigenvalue weighted by Crippen LogP contribution is 2.20. The van der Waals surface area contributed by atoms with Crippen LogP contribution in [0.2, 0.25) is 0 Å². The molecule has 1 saturated carbocycles. The minimum Gasteiger partial charge on any atom is -0.383 e. The molecule has 0 spiro atoms. The molecule has 1 heterocycles. The molecule has 2 N–H and O–H groups in total. The van der Waals surface area contributed by atoms with Crippen molar-refractivity contribution in [2.75, 3.05) is 30.9 Å². The second-order valence-corrected chi connectivity index (χ2v) is 4.66. The van der Waals surface area contributed by atoms with Crippen LogP contribution in [-0.4, -0.2) is 36.3 Å². The highest BCUT2D eigenvalue weighted by Gasteiger charge is 2.13. The highest BCUT2D eigenvalue weighted by atomic mass is 16.5. The molecule has 100 valence electrons. The number of nitrogens with one attached hydrogen (secondary N) is 2. The van der Waals surface area contributed by atoms with Crippen LogP contribution in [0.5, 0.6) is 0 Å². The minimum atomic E-state index is 0.570. The fourth-order valence-electron chi connectivity index (χ4n) is 2.25. The first-order valence-electron chi connectivity index (χ1n) is 6.71. The standard InChI is InChI=1S/C13H22N4O/c1-18-10-9-15-13-14-8-7-12(17-13)16-11-5-3-2-4-6-11/h7-8,11H,2-6,9-10H2,1H3,(H2,14,15,16,17). The molecule has 2 rings (SSSR count). The molecule has 0 aromatic carbocycles. The quantitative estimate of drug-likeness (QED) is 0.759. The maximum atomic E-state index is 4.98. The first kappa shape index (κ1) is 13.1. The van der Waals surface area contributed by atoms with Crippen molar-refractivity contribution >= 4 is 11.8 Å². The summed E-state index contributed by atoms with van der Waals surface area (Å²) in [5, 5.41) is 6.63. The summed E-state index contributed by atoms with van der Waals surface area (Å²) in [5.74, 6) is 1.57. The Morgan fingerprint density at radius 3 is 2.94 bits per heavy atom. The predicted molar refractivity (Wildman–Crippen MR) is 72.9 cm³/mol. The smallest absolute Gasteiger partial charge is 0.224 e. The second kappa shape index (κ2) is 7.16. The first-order valence-corrected chi connectivity index (χ1v) is 6.71. The van der Waals surface area contributed by atoms with Crippen LogP contribution in [0, 0.1) is 0 Å². The number of anilines is 2. The Bertz CT molecular complexity index is 353. The van der Waals surface area contributed by atoms with Gasteiger partial charge in [0.2, 0.25) is 5.95 Å². The third kappa shape index (κ3) is 4.14. The molecule has 1 aliphatic rings. The molecule has 1 aromatic rings. The Labute approximate surface area is 108 Å². The summed E-state index contributed by atoms with van der Waals surface area (Å²) in [6.45, 7) is 1.38. The van der Waals surface area contributed by atoms with Crippen molar-refractivity contribution in [3.05, 3.63) is 12.3 Å². The van der Waals surface area contributed by atoms with Crippen LogP contribution in [0.1, 0.15) is 32.1 Å². The number of hydrogen-bond donors (Lipinski definition) is 2. The molecular weight excluding hydrogens is 228 g/mol. The van der Waals surface area contributed by atoms with Crippen molar-refractivity contribution in [3.8, 4) is 0 Å². The zero-order valence-corrected chi connectivity index (χ0v) is 11.0. The zero-order chi connectivity index (χ0) is 12.6. The molecule has 0 saturated heterocycles. The van der Waals surface area contributed by atoms with Crippen molar-refractivity contribution in [1.82, 2.24) is 9.97 Å². The van der Waals surface area contributed by atoms with E-state index < -0.39 is 0 Å². The van der Waals surface area contributed by atoms with Gasteiger partial charge in [0, 0.05) is 25.9 Å². The monoisotopic (exact) mass is 250 g/mol. The lowest BCUT2D eigenvalue weighted by Crippen LogP contribution is -2.23. The lowest BCUT2D eigenvalue weighted by Gasteiger charge is -2.23. The molecule has 1 aromatic heterocycles. The Balaban J connectivity index is 1.85. The van der Waals surface area contributed by atoms with Gasteiger partial charge in [-0.05, 0) is 18.9 Å². The third-order valence-electron chi connectivity index (χ3n) is 3.20. The van der Waals surface area contributed by atoms with Gasteiger partial charge in [-0.3, -0.25) is 0 Å². The Kier molecular flexibility index (Phi) is 5.20. The zero-order valence-electron chi connectivity index (χ0n) is 11.0. The highest BCUT2D eigenvalue weighted by molar-refractivity contribution is 5.40. The van der Waals surface area contributed by atoms with Gasteiger partial charge in [-0.15, -0.1) is 0 Å². The number of hydrogen-bond acceptors (Lipinski definition) is 5. The average molecular weight is 250 g/mol. The molecule has 0 aliphatic heterocycles. The van der Waals surface area contributed by atoms with E-state index in [0.29, 0.717) is 18.6 Å². The summed E-state index contributed by atoms with van der Waals surface area (Å²) in [6.07, 6.45) is 8.29. The van der Waals surface area contributed by atoms with Gasteiger partial charge in [-0.1, -0.05) is 19.3 Å². The molecule has 1 fully saturated rings. The van der Waals surface area contributed by atoms with Crippen molar-refractivity contribution in [2.24, 2.45) is 0 Å². The van der Waals surface area contributed by atoms with Crippen LogP contribution in [0.25, 0.3) is 0 Å². The van der Waals surface area contributed by atoms with Gasteiger partial charge in [0.05, 0.1) is 6.61 Å². The average Bonchev–Trinajstić information content (AvgIpc) is 2.41. The van der Waals surface area contributed by atoms with Crippen LogP contribution >= 0.6 is 0 Å². The van der Waals surface area contributed by atoms with E-state index in [9.17, 15) is 0 Å². The maximum Gasteiger partial charge on any atom is 0.224 e. The topological polar surface area (TPSA) is 59.1 Å². The molecule has 0 atom stereocenters. The fraction of sp³-hybridized carbons (Fsp3) is 0.692. The summed E-state index contributed by atoms with van der Waals surface area (Å²) in [7, 11) is 1.68. The molecule has 0 amide bonds. The SMILES string of the molecule is COCCNc1nccc(NC2CCCCC2)n1. The predicted octanol–water partition coefficient (Wildman–Crippen LogP) is 2.28. The Morgan fingerprint density at radius 2 is 2.17 bits per heavy atom. The van der Waals surface area contributed by atoms with Crippen molar-refractivity contribution in [2.45, 2.75) is 38.1 Å². The molecule has 5 nitrogen and oxygen atoms in total. The lowest BCUT2D eigenvalue weighted by atomic mass is 9.95. The van der Waals surface area contributed by atoms with E-state index in [1.165, 1.54) is 32.1 Å². The van der Waals surface area contributed by atoms with Gasteiger partial charge in [0.1, 0.15) is 5.82 Å². The fourth-order valence-corrected chi connectivity index (χ4v) is 2.25. The Morgan fingerprint density at radius 1 is 1.33 bits per heavy atom. The van der Waals surface area contributed by atoms with E-state index in [1.807, 2.05) is 6.07 Å². The number of nitrogens with zero attached hydrogens (tertiary/aromatic N) is 2. The summed E-state index contributed by atoms with van der Waals surface area (Å²) < 4.78 is 4.98. The lowest BCUT2D eigenvalue weighted by molar-refractivity contribution is 0.210. The maximum absolute atomic E-state index is 4.98. The van der Waals surface area contributed by atoms with E-state index in [0.717, 1.165) is 12.4 Å². The van der Waals surface area contributed by atoms with E-state index in [1.54, 1.807) is 13.3 Å². The molecule has 0 bridgehead atoms. The number of ether oxygens (including phenoxy) is 1. The van der Waals surface area contributed by atoms with Crippen molar-refractivity contribution in [1.29, 1.82) is 0 Å². The minimum absolute atomic E-state index is 0.570. The molecule has 5 heteroatoms. The van der Waals surface area contributed by atoms with Gasteiger partial charge < -0.3 is 15.4 Å². The molecule has 18 heavy (non-hydrogen) atoms. The van der Waals surface area contributed by atoms with Gasteiger partial charge >= 0.3 is 0 Å². The second-order valence-electron chi connectivity index (χ2n) is 4.66. The van der Waals surface area contributed by atoms with Crippen molar-refractivity contribution < 1.29 is 4.74 Å². The number of aromatic nitrogens is 2. The van der Waals surface area contributed by atoms with E-state index >= 15 is 0 Å². The van der Waals surface area contributed by atoms with E-state index in [4.69, 9.17) is 4.74 Å². The summed E-state index contributed by atoms with van der Waals surface area (Å²) in [5.41, 5.74) is 0. The van der Waals surface area contributed by atoms with Gasteiger partial charge in [-0.2, -0.15) is 4.98 Å². The molecule has 0 unspecified atom stereocenters. The molecule has 0 radical (unpaired) electrons. The van der Waals surface area contributed by atoms with Crippen molar-refractivity contribution in [3.63, 3.8) is 0 Å². The molecule has 1 aliphatic carbocycles. The van der Waals surface area contributed by atoms with Gasteiger partial charge in [0.15, 0.2) is 0 Å². The normalized spacial score (nSPS) is 16.5. The number of rotatable bonds is 6. The van der Waals surface area contributed by atoms with Gasteiger partial charge in [-0.25, -0.2) is 4.98 Å². The third-order valence-corrected chi connectivity index (χ3v) is 3.20. The van der Waals surface area contributed by atoms with E-state index in [-0.39, 0.29) is 0 Å². The first-order chi connectivity index (χ1) is 8.88. The van der Waals surface area contributed by atoms with Gasteiger partial charge in [0.25, 0.3) is 0 Å². The summed E-state index contributed by atoms with van der Waals surface area (Å²) in [4.78, 5) is 8.64. The number of methoxy groups -OCH3 is 1. The van der Waals surface area contributed by atoms with E-state index in [2.05, 4.69) is 20.6 Å². The summed E-state index contributed by atoms with van der Waals surface area (Å²) in [6, 6.07) is 2.50. The largest absolute Gasteiger partial charge is 0.383 e. The van der Waals surface area contributed by atoms with Crippen LogP contribution in [0.4, 0.5) is 11.8 Å². The van der Waals surface area contributed by atoms with Crippen LogP contribution in [0.3, 0.4) is 0 Å². The van der Waals surface area contributed by atoms with Crippen LogP contribution < -0.4 is 10.6 Å². The molecular formula is C13H22N4O. The van der Waals surface area contributed by atoms with Crippen LogP contribution in [-0.2, 0) is 4.74 Å². The Hall–Kier alpha value is -1.36.